The van der Waals surface area contributed by atoms with Crippen LogP contribution in [0.25, 0.3) is 0 Å². The maximum Gasteiger partial charge on any atom is 0.218 e. The number of hydroxylamine groups is 2. The van der Waals surface area contributed by atoms with Gasteiger partial charge in [0.2, 0.25) is 10.0 Å². The van der Waals surface area contributed by atoms with Crippen LogP contribution in [0.2, 0.25) is 0 Å². The summed E-state index contributed by atoms with van der Waals surface area (Å²) < 4.78 is 32.7. The Morgan fingerprint density at radius 1 is 1.29 bits per heavy atom. The molecule has 1 aromatic carbocycles. The molecule has 24 heavy (non-hydrogen) atoms. The first-order valence-electron chi connectivity index (χ1n) is 8.10. The molecule has 0 radical (unpaired) electrons. The number of benzene rings is 1. The van der Waals surface area contributed by atoms with Gasteiger partial charge >= 0.3 is 0 Å². The van der Waals surface area contributed by atoms with E-state index in [0.717, 1.165) is 5.56 Å². The van der Waals surface area contributed by atoms with Crippen molar-refractivity contribution in [1.29, 1.82) is 0 Å². The largest absolute Gasteiger partial charge is 0.383 e. The molecule has 136 valence electrons. The van der Waals surface area contributed by atoms with Gasteiger partial charge in [0.25, 0.3) is 0 Å². The van der Waals surface area contributed by atoms with Crippen LogP contribution in [0.3, 0.4) is 0 Å². The first-order valence-corrected chi connectivity index (χ1v) is 9.65. The number of nitrogens with one attached hydrogen (secondary N) is 1. The van der Waals surface area contributed by atoms with Crippen molar-refractivity contribution in [3.63, 3.8) is 0 Å². The zero-order valence-electron chi connectivity index (χ0n) is 15.1. The van der Waals surface area contributed by atoms with Crippen LogP contribution in [0, 0.1) is 0 Å². The molecule has 1 aromatic rings. The fourth-order valence-electron chi connectivity index (χ4n) is 2.85. The molecule has 1 fully saturated rings. The molecule has 1 heterocycles. The molecule has 7 heteroatoms. The molecule has 1 aliphatic rings. The van der Waals surface area contributed by atoms with Gasteiger partial charge < -0.3 is 4.74 Å². The first-order chi connectivity index (χ1) is 11.2. The van der Waals surface area contributed by atoms with Gasteiger partial charge in [-0.1, -0.05) is 45.0 Å². The van der Waals surface area contributed by atoms with Gasteiger partial charge in [-0.2, -0.15) is 5.06 Å². The van der Waals surface area contributed by atoms with Crippen LogP contribution < -0.4 is 4.72 Å². The Morgan fingerprint density at radius 3 is 2.46 bits per heavy atom. The fourth-order valence-corrected chi connectivity index (χ4v) is 4.34. The third-order valence-corrected chi connectivity index (χ3v) is 6.11. The predicted octanol–water partition coefficient (Wildman–Crippen LogP) is 1.84. The Bertz CT molecular complexity index is 638. The topological polar surface area (TPSA) is 67.9 Å². The SMILES string of the molecule is COCCNS(=O)(=O)[C@H]1CON(C)[C@H]1c1ccc(C(C)(C)C)cc1. The van der Waals surface area contributed by atoms with E-state index in [1.165, 1.54) is 5.56 Å². The molecule has 2 rings (SSSR count). The molecule has 0 bridgehead atoms. The lowest BCUT2D eigenvalue weighted by Gasteiger charge is -2.25. The lowest BCUT2D eigenvalue weighted by atomic mass is 9.86. The molecule has 2 atom stereocenters. The maximum atomic E-state index is 12.6. The van der Waals surface area contributed by atoms with Crippen molar-refractivity contribution in [2.75, 3.05) is 33.9 Å². The lowest BCUT2D eigenvalue weighted by Crippen LogP contribution is -2.40. The highest BCUT2D eigenvalue weighted by Crippen LogP contribution is 2.34. The van der Waals surface area contributed by atoms with Gasteiger partial charge in [0.1, 0.15) is 5.25 Å². The Morgan fingerprint density at radius 2 is 1.92 bits per heavy atom. The smallest absolute Gasteiger partial charge is 0.218 e. The Kier molecular flexibility index (Phi) is 6.04. The Balaban J connectivity index is 2.23. The zero-order valence-corrected chi connectivity index (χ0v) is 15.9. The molecule has 1 aliphatic heterocycles. The summed E-state index contributed by atoms with van der Waals surface area (Å²) in [5.41, 5.74) is 2.21. The summed E-state index contributed by atoms with van der Waals surface area (Å²) in [4.78, 5) is 5.51. The predicted molar refractivity (Wildman–Crippen MR) is 94.2 cm³/mol. The Labute approximate surface area is 145 Å². The minimum Gasteiger partial charge on any atom is -0.383 e. The van der Waals surface area contributed by atoms with Gasteiger partial charge in [-0.25, -0.2) is 13.1 Å². The zero-order chi connectivity index (χ0) is 18.0. The average molecular weight is 356 g/mol. The summed E-state index contributed by atoms with van der Waals surface area (Å²) in [6, 6.07) is 7.77. The Hall–Kier alpha value is -0.990. The summed E-state index contributed by atoms with van der Waals surface area (Å²) in [7, 11) is -0.185. The number of sulfonamides is 1. The lowest BCUT2D eigenvalue weighted by molar-refractivity contribution is -0.110. The number of nitrogens with zero attached hydrogens (tertiary/aromatic N) is 1. The van der Waals surface area contributed by atoms with Gasteiger partial charge in [-0.05, 0) is 16.5 Å². The van der Waals surface area contributed by atoms with E-state index >= 15 is 0 Å². The highest BCUT2D eigenvalue weighted by molar-refractivity contribution is 7.90. The molecule has 1 N–H and O–H groups in total. The third kappa shape index (κ3) is 4.34. The number of hydrogen-bond acceptors (Lipinski definition) is 5. The van der Waals surface area contributed by atoms with E-state index in [2.05, 4.69) is 37.6 Å². The molecule has 1 saturated heterocycles. The van der Waals surface area contributed by atoms with Crippen LogP contribution in [0.15, 0.2) is 24.3 Å². The minimum absolute atomic E-state index is 0.0593. The molecule has 0 aliphatic carbocycles. The van der Waals surface area contributed by atoms with Crippen LogP contribution in [-0.2, 0) is 25.0 Å². The van der Waals surface area contributed by atoms with Gasteiger partial charge in [0, 0.05) is 20.7 Å². The van der Waals surface area contributed by atoms with Crippen molar-refractivity contribution in [1.82, 2.24) is 9.79 Å². The number of hydrogen-bond donors (Lipinski definition) is 1. The summed E-state index contributed by atoms with van der Waals surface area (Å²) in [6.45, 7) is 7.20. The van der Waals surface area contributed by atoms with E-state index in [9.17, 15) is 8.42 Å². The first kappa shape index (κ1) is 19.3. The van der Waals surface area contributed by atoms with E-state index in [0.29, 0.717) is 6.61 Å². The highest BCUT2D eigenvalue weighted by Gasteiger charge is 2.43. The summed E-state index contributed by atoms with van der Waals surface area (Å²) >= 11 is 0. The summed E-state index contributed by atoms with van der Waals surface area (Å²) in [6.07, 6.45) is 0. The van der Waals surface area contributed by atoms with Gasteiger partial charge in [0.05, 0.1) is 19.3 Å². The fraction of sp³-hybridized carbons (Fsp3) is 0.647. The van der Waals surface area contributed by atoms with Gasteiger partial charge in [0.15, 0.2) is 0 Å². The third-order valence-electron chi connectivity index (χ3n) is 4.31. The molecule has 0 spiro atoms. The second-order valence-corrected chi connectivity index (χ2v) is 9.11. The number of rotatable bonds is 6. The molecule has 0 aromatic heterocycles. The van der Waals surface area contributed by atoms with Gasteiger partial charge in [-0.15, -0.1) is 0 Å². The van der Waals surface area contributed by atoms with E-state index in [4.69, 9.17) is 9.57 Å². The van der Waals surface area contributed by atoms with Gasteiger partial charge in [-0.3, -0.25) is 4.84 Å². The molecular formula is C17H28N2O4S. The van der Waals surface area contributed by atoms with Crippen molar-refractivity contribution in [3.05, 3.63) is 35.4 Å². The molecule has 0 saturated carbocycles. The van der Waals surface area contributed by atoms with Crippen LogP contribution in [-0.4, -0.2) is 52.6 Å². The second kappa shape index (κ2) is 7.49. The van der Waals surface area contributed by atoms with Crippen LogP contribution in [0.5, 0.6) is 0 Å². The van der Waals surface area contributed by atoms with E-state index in [1.807, 2.05) is 12.1 Å². The molecule has 0 amide bonds. The molecular weight excluding hydrogens is 328 g/mol. The quantitative estimate of drug-likeness (QED) is 0.788. The van der Waals surface area contributed by atoms with Crippen molar-refractivity contribution >= 4 is 10.0 Å². The highest BCUT2D eigenvalue weighted by atomic mass is 32.2. The second-order valence-electron chi connectivity index (χ2n) is 7.13. The van der Waals surface area contributed by atoms with Crippen LogP contribution >= 0.6 is 0 Å². The number of methoxy groups -OCH3 is 1. The van der Waals surface area contributed by atoms with Crippen molar-refractivity contribution in [2.24, 2.45) is 0 Å². The standard InChI is InChI=1S/C17H28N2O4S/c1-17(2,3)14-8-6-13(7-9-14)16-15(12-23-19(16)4)24(20,21)18-10-11-22-5/h6-9,15-16,18H,10-12H2,1-5H3/t15-,16-/m0/s1. The summed E-state index contributed by atoms with van der Waals surface area (Å²) in [5.74, 6) is 0. The molecule has 0 unspecified atom stereocenters. The van der Waals surface area contributed by atoms with Crippen molar-refractivity contribution < 1.29 is 18.0 Å². The average Bonchev–Trinajstić information content (AvgIpc) is 2.89. The van der Waals surface area contributed by atoms with E-state index < -0.39 is 15.3 Å². The molecule has 6 nitrogen and oxygen atoms in total. The van der Waals surface area contributed by atoms with Crippen LogP contribution in [0.4, 0.5) is 0 Å². The van der Waals surface area contributed by atoms with E-state index in [1.54, 1.807) is 19.2 Å². The number of ether oxygens (including phenoxy) is 1. The van der Waals surface area contributed by atoms with Crippen LogP contribution in [0.1, 0.15) is 37.9 Å². The summed E-state index contributed by atoms with van der Waals surface area (Å²) in [5, 5.41) is 0.978. The maximum absolute atomic E-state index is 12.6. The van der Waals surface area contributed by atoms with E-state index in [-0.39, 0.29) is 24.6 Å². The van der Waals surface area contributed by atoms with Crippen molar-refractivity contribution in [2.45, 2.75) is 37.5 Å². The minimum atomic E-state index is -3.50. The van der Waals surface area contributed by atoms with Crippen molar-refractivity contribution in [3.8, 4) is 0 Å². The normalized spacial score (nSPS) is 22.9. The monoisotopic (exact) mass is 356 g/mol.